The normalized spacial score (nSPS) is 25.4. The minimum atomic E-state index is -0.865. The van der Waals surface area contributed by atoms with Crippen molar-refractivity contribution in [2.45, 2.75) is 18.4 Å². The van der Waals surface area contributed by atoms with E-state index >= 15 is 0 Å². The van der Waals surface area contributed by atoms with Crippen LogP contribution in [0.3, 0.4) is 0 Å². The molecule has 108 valence electrons. The van der Waals surface area contributed by atoms with Crippen molar-refractivity contribution in [3.05, 3.63) is 24.3 Å². The molecule has 7 nitrogen and oxygen atoms in total. The highest BCUT2D eigenvalue weighted by Gasteiger charge is 2.49. The second kappa shape index (κ2) is 4.21. The van der Waals surface area contributed by atoms with Gasteiger partial charge < -0.3 is 14.6 Å². The molecule has 1 aromatic carbocycles. The van der Waals surface area contributed by atoms with Crippen LogP contribution < -0.4 is 15.5 Å². The van der Waals surface area contributed by atoms with Crippen molar-refractivity contribution in [2.75, 3.05) is 18.0 Å². The Morgan fingerprint density at radius 2 is 2.14 bits per heavy atom. The molecular formula is C14H14N4O3. The van der Waals surface area contributed by atoms with Gasteiger partial charge in [-0.05, 0) is 25.0 Å². The predicted molar refractivity (Wildman–Crippen MR) is 74.9 cm³/mol. The fourth-order valence-electron chi connectivity index (χ4n) is 3.03. The van der Waals surface area contributed by atoms with Gasteiger partial charge in [0.2, 0.25) is 0 Å². The summed E-state index contributed by atoms with van der Waals surface area (Å²) in [5.74, 6) is -0.270. The zero-order valence-corrected chi connectivity index (χ0v) is 11.3. The van der Waals surface area contributed by atoms with Crippen LogP contribution in [0.1, 0.15) is 12.8 Å². The summed E-state index contributed by atoms with van der Waals surface area (Å²) in [5, 5.41) is 5.05. The van der Waals surface area contributed by atoms with E-state index in [1.54, 1.807) is 0 Å². The van der Waals surface area contributed by atoms with Crippen LogP contribution in [0.4, 0.5) is 10.8 Å². The molecule has 2 fully saturated rings. The van der Waals surface area contributed by atoms with Gasteiger partial charge in [-0.1, -0.05) is 12.1 Å². The lowest BCUT2D eigenvalue weighted by molar-refractivity contribution is -0.124. The van der Waals surface area contributed by atoms with Crippen molar-refractivity contribution in [2.24, 2.45) is 0 Å². The molecule has 1 aromatic heterocycles. The van der Waals surface area contributed by atoms with Gasteiger partial charge in [0.1, 0.15) is 11.1 Å². The first-order valence-electron chi connectivity index (χ1n) is 6.90. The maximum Gasteiger partial charge on any atom is 0.322 e. The molecule has 2 aromatic rings. The number of piperidine rings is 1. The number of carbonyl (C=O) groups is 2. The van der Waals surface area contributed by atoms with Gasteiger partial charge >= 0.3 is 6.03 Å². The van der Waals surface area contributed by atoms with Crippen LogP contribution >= 0.6 is 0 Å². The van der Waals surface area contributed by atoms with Crippen LogP contribution in [0.25, 0.3) is 11.1 Å². The van der Waals surface area contributed by atoms with Gasteiger partial charge in [-0.15, -0.1) is 0 Å². The van der Waals surface area contributed by atoms with Crippen LogP contribution in [0.2, 0.25) is 0 Å². The molecule has 0 bridgehead atoms. The summed E-state index contributed by atoms with van der Waals surface area (Å²) < 4.78 is 5.74. The molecule has 0 radical (unpaired) electrons. The molecule has 2 N–H and O–H groups in total. The Morgan fingerprint density at radius 3 is 2.90 bits per heavy atom. The third-order valence-electron chi connectivity index (χ3n) is 4.06. The minimum absolute atomic E-state index is 0.270. The molecule has 3 heterocycles. The number of urea groups is 1. The predicted octanol–water partition coefficient (Wildman–Crippen LogP) is 1.01. The van der Waals surface area contributed by atoms with Crippen molar-refractivity contribution in [3.8, 4) is 0 Å². The first kappa shape index (κ1) is 12.2. The zero-order chi connectivity index (χ0) is 14.4. The topological polar surface area (TPSA) is 87.5 Å². The van der Waals surface area contributed by atoms with E-state index in [9.17, 15) is 9.59 Å². The van der Waals surface area contributed by atoms with Crippen LogP contribution in [-0.2, 0) is 4.79 Å². The maximum absolute atomic E-state index is 12.0. The Morgan fingerprint density at radius 1 is 1.29 bits per heavy atom. The molecule has 1 atom stereocenters. The number of aromatic nitrogens is 1. The number of imide groups is 1. The number of para-hydroxylation sites is 2. The lowest BCUT2D eigenvalue weighted by Crippen LogP contribution is -2.58. The number of hydrogen-bond donors (Lipinski definition) is 2. The maximum atomic E-state index is 12.0. The molecular weight excluding hydrogens is 272 g/mol. The quantitative estimate of drug-likeness (QED) is 0.764. The standard InChI is InChI=1S/C14H14N4O3/c19-11-14(17-12(20)16-11)6-3-7-18(8-14)13-15-9-4-1-2-5-10(9)21-13/h1-2,4-5H,3,6-8H2,(H2,16,17,19,20). The van der Waals surface area contributed by atoms with E-state index in [-0.39, 0.29) is 5.91 Å². The summed E-state index contributed by atoms with van der Waals surface area (Å²) in [7, 11) is 0. The van der Waals surface area contributed by atoms with Crippen molar-refractivity contribution in [1.82, 2.24) is 15.6 Å². The molecule has 21 heavy (non-hydrogen) atoms. The van der Waals surface area contributed by atoms with E-state index < -0.39 is 11.6 Å². The minimum Gasteiger partial charge on any atom is -0.423 e. The number of amides is 3. The first-order valence-corrected chi connectivity index (χ1v) is 6.90. The Bertz CT molecular complexity index is 708. The summed E-state index contributed by atoms with van der Waals surface area (Å²) in [6.07, 6.45) is 1.41. The van der Waals surface area contributed by atoms with Crippen LogP contribution in [0, 0.1) is 0 Å². The fraction of sp³-hybridized carbons (Fsp3) is 0.357. The average Bonchev–Trinajstić information content (AvgIpc) is 3.01. The van der Waals surface area contributed by atoms with Crippen LogP contribution in [-0.4, -0.2) is 35.6 Å². The number of fused-ring (bicyclic) bond motifs is 1. The Kier molecular flexibility index (Phi) is 2.44. The summed E-state index contributed by atoms with van der Waals surface area (Å²) in [4.78, 5) is 29.8. The highest BCUT2D eigenvalue weighted by Crippen LogP contribution is 2.29. The van der Waals surface area contributed by atoms with Gasteiger partial charge in [0.15, 0.2) is 5.58 Å². The molecule has 4 rings (SSSR count). The van der Waals surface area contributed by atoms with Gasteiger partial charge in [-0.3, -0.25) is 10.1 Å². The Labute approximate surface area is 120 Å². The molecule has 0 aliphatic carbocycles. The molecule has 2 aliphatic rings. The molecule has 0 saturated carbocycles. The fourth-order valence-corrected chi connectivity index (χ4v) is 3.03. The molecule has 3 amide bonds. The van der Waals surface area contributed by atoms with Crippen LogP contribution in [0.15, 0.2) is 28.7 Å². The number of anilines is 1. The average molecular weight is 286 g/mol. The summed E-state index contributed by atoms with van der Waals surface area (Å²) >= 11 is 0. The van der Waals surface area contributed by atoms with Crippen molar-refractivity contribution in [3.63, 3.8) is 0 Å². The number of nitrogens with zero attached hydrogens (tertiary/aromatic N) is 2. The summed E-state index contributed by atoms with van der Waals surface area (Å²) in [6, 6.07) is 7.59. The van der Waals surface area contributed by atoms with E-state index in [1.807, 2.05) is 29.2 Å². The molecule has 2 saturated heterocycles. The molecule has 7 heteroatoms. The SMILES string of the molecule is O=C1NC(=O)C2(CCCN(c3nc4ccccc4o3)C2)N1. The lowest BCUT2D eigenvalue weighted by Gasteiger charge is -2.37. The third-order valence-corrected chi connectivity index (χ3v) is 4.06. The largest absolute Gasteiger partial charge is 0.423 e. The van der Waals surface area contributed by atoms with Gasteiger partial charge in [-0.2, -0.15) is 4.98 Å². The summed E-state index contributed by atoms with van der Waals surface area (Å²) in [6.45, 7) is 1.12. The van der Waals surface area contributed by atoms with Gasteiger partial charge in [0.05, 0.1) is 6.54 Å². The van der Waals surface area contributed by atoms with Crippen molar-refractivity contribution in [1.29, 1.82) is 0 Å². The molecule has 2 aliphatic heterocycles. The molecule has 1 unspecified atom stereocenters. The number of nitrogens with one attached hydrogen (secondary N) is 2. The monoisotopic (exact) mass is 286 g/mol. The van der Waals surface area contributed by atoms with Crippen molar-refractivity contribution >= 4 is 29.1 Å². The van der Waals surface area contributed by atoms with Gasteiger partial charge in [-0.25, -0.2) is 4.79 Å². The number of hydrogen-bond acceptors (Lipinski definition) is 5. The number of oxazole rings is 1. The van der Waals surface area contributed by atoms with Gasteiger partial charge in [0.25, 0.3) is 11.9 Å². The number of carbonyl (C=O) groups excluding carboxylic acids is 2. The Hall–Kier alpha value is -2.57. The van der Waals surface area contributed by atoms with E-state index in [0.717, 1.165) is 18.5 Å². The second-order valence-corrected chi connectivity index (χ2v) is 5.48. The highest BCUT2D eigenvalue weighted by molar-refractivity contribution is 6.07. The van der Waals surface area contributed by atoms with Crippen molar-refractivity contribution < 1.29 is 14.0 Å². The third kappa shape index (κ3) is 1.84. The van der Waals surface area contributed by atoms with Crippen LogP contribution in [0.5, 0.6) is 0 Å². The van der Waals surface area contributed by atoms with E-state index in [1.165, 1.54) is 0 Å². The van der Waals surface area contributed by atoms with E-state index in [2.05, 4.69) is 15.6 Å². The number of rotatable bonds is 1. The smallest absolute Gasteiger partial charge is 0.322 e. The first-order chi connectivity index (χ1) is 10.2. The highest BCUT2D eigenvalue weighted by atomic mass is 16.4. The second-order valence-electron chi connectivity index (χ2n) is 5.48. The van der Waals surface area contributed by atoms with Gasteiger partial charge in [0, 0.05) is 6.54 Å². The molecule has 1 spiro atoms. The zero-order valence-electron chi connectivity index (χ0n) is 11.3. The van der Waals surface area contributed by atoms with E-state index in [0.29, 0.717) is 24.6 Å². The lowest BCUT2D eigenvalue weighted by atomic mass is 9.89. The number of benzene rings is 1. The summed E-state index contributed by atoms with van der Waals surface area (Å²) in [5.41, 5.74) is 0.634. The Balaban J connectivity index is 1.66. The van der Waals surface area contributed by atoms with E-state index in [4.69, 9.17) is 4.42 Å².